The van der Waals surface area contributed by atoms with Crippen LogP contribution in [0.1, 0.15) is 25.3 Å². The third-order valence-electron chi connectivity index (χ3n) is 13.0. The van der Waals surface area contributed by atoms with Crippen molar-refractivity contribution >= 4 is 50.2 Å². The zero-order valence-electron chi connectivity index (χ0n) is 42.9. The summed E-state index contributed by atoms with van der Waals surface area (Å²) in [7, 11) is 1.66. The van der Waals surface area contributed by atoms with Crippen LogP contribution in [0.25, 0.3) is 27.5 Å². The Kier molecular flexibility index (Phi) is 19.1. The quantitative estimate of drug-likeness (QED) is 0.0387. The summed E-state index contributed by atoms with van der Waals surface area (Å²) in [5.74, 6) is 2.51. The van der Waals surface area contributed by atoms with Crippen molar-refractivity contribution < 1.29 is 47.4 Å². The van der Waals surface area contributed by atoms with Crippen molar-refractivity contribution in [3.8, 4) is 22.9 Å². The van der Waals surface area contributed by atoms with E-state index in [1.54, 1.807) is 7.11 Å². The van der Waals surface area contributed by atoms with Crippen molar-refractivity contribution in [1.82, 2.24) is 4.57 Å². The van der Waals surface area contributed by atoms with Crippen molar-refractivity contribution in [3.05, 3.63) is 163 Å². The SMILES string of the molecule is CCOCCOCCOc1ccc(N2c3ccc(N(c4ccc(OCCOCCOCCOC)cc4)c4ccc5c(c4)c4ccccc4n5-c4ccc(OCCOCCOCC)cc4)cc3C3C=CC=CC32)cc1. The standard InChI is InChI=1S/C61H69N3O10/c1-4-66-32-34-69-38-41-73-52-24-16-47(17-25-52)63-58-12-8-6-10-54(58)56-44-49(20-28-60(56)63)62(46-14-22-51(23-15-46)72-43-40-71-37-36-68-31-30-65-3)50-21-29-61-57(45-50)55-11-7-9-13-59(55)64(61)48-18-26-53(27-19-48)74-42-39-70-35-33-67-5-2/h6-29,44-45,54,58H,4-5,30-43H2,1-3H3. The van der Waals surface area contributed by atoms with Gasteiger partial charge in [0.15, 0.2) is 0 Å². The van der Waals surface area contributed by atoms with Gasteiger partial charge >= 0.3 is 0 Å². The van der Waals surface area contributed by atoms with E-state index in [1.807, 2.05) is 50.2 Å². The second kappa shape index (κ2) is 27.0. The molecule has 7 aromatic rings. The summed E-state index contributed by atoms with van der Waals surface area (Å²) in [4.78, 5) is 4.79. The van der Waals surface area contributed by atoms with E-state index in [0.29, 0.717) is 106 Å². The molecule has 0 fully saturated rings. The first kappa shape index (κ1) is 52.2. The molecule has 1 aliphatic heterocycles. The van der Waals surface area contributed by atoms with Crippen LogP contribution < -0.4 is 24.0 Å². The Bertz CT molecular complexity index is 2880. The van der Waals surface area contributed by atoms with Crippen molar-refractivity contribution in [1.29, 1.82) is 0 Å². The molecule has 0 spiro atoms. The second-order valence-electron chi connectivity index (χ2n) is 17.7. The number of para-hydroxylation sites is 1. The van der Waals surface area contributed by atoms with Crippen LogP contribution in [-0.4, -0.2) is 123 Å². The summed E-state index contributed by atoms with van der Waals surface area (Å²) in [6, 6.07) is 47.4. The molecular formula is C61H69N3O10. The lowest BCUT2D eigenvalue weighted by molar-refractivity contribution is 0.0180. The van der Waals surface area contributed by atoms with Gasteiger partial charge in [-0.1, -0.05) is 42.5 Å². The van der Waals surface area contributed by atoms with Crippen LogP contribution in [0.3, 0.4) is 0 Å². The molecule has 13 nitrogen and oxygen atoms in total. The van der Waals surface area contributed by atoms with Gasteiger partial charge in [-0.05, 0) is 135 Å². The van der Waals surface area contributed by atoms with Gasteiger partial charge < -0.3 is 61.7 Å². The second-order valence-corrected chi connectivity index (χ2v) is 17.7. The molecule has 0 radical (unpaired) electrons. The van der Waals surface area contributed by atoms with Crippen LogP contribution >= 0.6 is 0 Å². The molecular weight excluding hydrogens is 935 g/mol. The van der Waals surface area contributed by atoms with E-state index in [0.717, 1.165) is 67.5 Å². The Morgan fingerprint density at radius 1 is 0.432 bits per heavy atom. The van der Waals surface area contributed by atoms with Gasteiger partial charge in [-0.25, -0.2) is 0 Å². The number of fused-ring (bicyclic) bond motifs is 6. The number of hydrogen-bond donors (Lipinski definition) is 0. The average molecular weight is 1000 g/mol. The number of nitrogens with zero attached hydrogens (tertiary/aromatic N) is 3. The summed E-state index contributed by atoms with van der Waals surface area (Å²) >= 11 is 0. The predicted octanol–water partition coefficient (Wildman–Crippen LogP) is 11.9. The van der Waals surface area contributed by atoms with Crippen molar-refractivity contribution in [2.24, 2.45) is 0 Å². The molecule has 13 heteroatoms. The van der Waals surface area contributed by atoms with Crippen LogP contribution in [0, 0.1) is 0 Å². The number of rotatable bonds is 31. The molecule has 0 amide bonds. The maximum absolute atomic E-state index is 6.16. The van der Waals surface area contributed by atoms with Crippen LogP contribution in [0.5, 0.6) is 17.2 Å². The van der Waals surface area contributed by atoms with Crippen LogP contribution in [0.15, 0.2) is 158 Å². The highest BCUT2D eigenvalue weighted by Crippen LogP contribution is 2.50. The fraction of sp³-hybridized carbons (Fsp3) is 0.344. The van der Waals surface area contributed by atoms with Gasteiger partial charge in [-0.15, -0.1) is 0 Å². The van der Waals surface area contributed by atoms with Crippen LogP contribution in [0.4, 0.5) is 28.4 Å². The molecule has 6 aromatic carbocycles. The van der Waals surface area contributed by atoms with E-state index in [-0.39, 0.29) is 12.0 Å². The molecule has 388 valence electrons. The highest BCUT2D eigenvalue weighted by atomic mass is 16.6. The zero-order chi connectivity index (χ0) is 50.7. The van der Waals surface area contributed by atoms with Crippen molar-refractivity contribution in [2.75, 3.05) is 123 Å². The van der Waals surface area contributed by atoms with E-state index in [1.165, 1.54) is 11.3 Å². The normalized spacial score (nSPS) is 14.7. The first-order valence-electron chi connectivity index (χ1n) is 25.9. The summed E-state index contributed by atoms with van der Waals surface area (Å²) in [6.07, 6.45) is 8.95. The van der Waals surface area contributed by atoms with E-state index >= 15 is 0 Å². The first-order valence-corrected chi connectivity index (χ1v) is 25.9. The lowest BCUT2D eigenvalue weighted by Gasteiger charge is -2.29. The van der Waals surface area contributed by atoms with Crippen molar-refractivity contribution in [2.45, 2.75) is 25.8 Å². The minimum Gasteiger partial charge on any atom is -0.491 e. The molecule has 2 aliphatic rings. The van der Waals surface area contributed by atoms with Gasteiger partial charge in [0.2, 0.25) is 0 Å². The molecule has 2 unspecified atom stereocenters. The van der Waals surface area contributed by atoms with E-state index in [4.69, 9.17) is 47.4 Å². The molecule has 1 aliphatic carbocycles. The Balaban J connectivity index is 0.997. The van der Waals surface area contributed by atoms with Crippen LogP contribution in [0.2, 0.25) is 0 Å². The Hall–Kier alpha value is -6.68. The highest BCUT2D eigenvalue weighted by molar-refractivity contribution is 6.10. The van der Waals surface area contributed by atoms with Gasteiger partial charge in [0, 0.05) is 71.1 Å². The molecule has 1 aromatic heterocycles. The minimum absolute atomic E-state index is 0.112. The number of anilines is 5. The minimum atomic E-state index is 0.112. The number of methoxy groups -OCH3 is 1. The molecule has 74 heavy (non-hydrogen) atoms. The van der Waals surface area contributed by atoms with E-state index in [9.17, 15) is 0 Å². The molecule has 0 bridgehead atoms. The average Bonchev–Trinajstić information content (AvgIpc) is 3.96. The number of aromatic nitrogens is 1. The number of hydrogen-bond acceptors (Lipinski definition) is 12. The highest BCUT2D eigenvalue weighted by Gasteiger charge is 2.38. The number of benzene rings is 6. The summed E-state index contributed by atoms with van der Waals surface area (Å²) in [5, 5.41) is 2.31. The molecule has 2 heterocycles. The third kappa shape index (κ3) is 13.0. The van der Waals surface area contributed by atoms with Crippen LogP contribution in [-0.2, 0) is 33.2 Å². The monoisotopic (exact) mass is 1000 g/mol. The van der Waals surface area contributed by atoms with Gasteiger partial charge in [0.25, 0.3) is 0 Å². The summed E-state index contributed by atoms with van der Waals surface area (Å²) in [6.45, 7) is 12.6. The predicted molar refractivity (Wildman–Crippen MR) is 293 cm³/mol. The van der Waals surface area contributed by atoms with E-state index in [2.05, 4.69) is 136 Å². The largest absolute Gasteiger partial charge is 0.491 e. The lowest BCUT2D eigenvalue weighted by Crippen LogP contribution is -2.28. The lowest BCUT2D eigenvalue weighted by atomic mass is 9.91. The first-order chi connectivity index (χ1) is 36.6. The van der Waals surface area contributed by atoms with E-state index < -0.39 is 0 Å². The molecule has 0 saturated heterocycles. The fourth-order valence-electron chi connectivity index (χ4n) is 9.53. The maximum Gasteiger partial charge on any atom is 0.119 e. The molecule has 2 atom stereocenters. The fourth-order valence-corrected chi connectivity index (χ4v) is 9.53. The van der Waals surface area contributed by atoms with Gasteiger partial charge in [-0.3, -0.25) is 0 Å². The third-order valence-corrected chi connectivity index (χ3v) is 13.0. The van der Waals surface area contributed by atoms with Crippen molar-refractivity contribution in [3.63, 3.8) is 0 Å². The molecule has 0 N–H and O–H groups in total. The molecule has 0 saturated carbocycles. The Morgan fingerprint density at radius 3 is 1.53 bits per heavy atom. The smallest absolute Gasteiger partial charge is 0.119 e. The number of allylic oxidation sites excluding steroid dienone is 2. The Morgan fingerprint density at radius 2 is 0.919 bits per heavy atom. The van der Waals surface area contributed by atoms with Gasteiger partial charge in [0.1, 0.15) is 37.1 Å². The van der Waals surface area contributed by atoms with Gasteiger partial charge in [-0.2, -0.15) is 0 Å². The maximum atomic E-state index is 6.16. The Labute approximate surface area is 435 Å². The topological polar surface area (TPSA) is 104 Å². The summed E-state index contributed by atoms with van der Waals surface area (Å²) in [5.41, 5.74) is 9.88. The molecule has 9 rings (SSSR count). The zero-order valence-corrected chi connectivity index (χ0v) is 42.9. The number of ether oxygens (including phenoxy) is 10. The van der Waals surface area contributed by atoms with Gasteiger partial charge in [0.05, 0.1) is 89.8 Å². The summed E-state index contributed by atoms with van der Waals surface area (Å²) < 4.78 is 58.9.